The number of rotatable bonds is 7. The van der Waals surface area contributed by atoms with E-state index < -0.39 is 0 Å². The molecule has 1 saturated heterocycles. The topological polar surface area (TPSA) is 68.3 Å². The van der Waals surface area contributed by atoms with Gasteiger partial charge in [-0.25, -0.2) is 9.97 Å². The molecule has 0 amide bonds. The Morgan fingerprint density at radius 2 is 2.10 bits per heavy atom. The zero-order valence-electron chi connectivity index (χ0n) is 12.5. The third kappa shape index (κ3) is 3.50. The first-order chi connectivity index (χ1) is 9.68. The van der Waals surface area contributed by atoms with Crippen LogP contribution in [-0.2, 0) is 4.74 Å². The van der Waals surface area contributed by atoms with Crippen LogP contribution in [0.4, 0.5) is 11.6 Å². The highest BCUT2D eigenvalue weighted by Gasteiger charge is 2.30. The highest BCUT2D eigenvalue weighted by molar-refractivity contribution is 5.63. The molecule has 2 rings (SSSR count). The van der Waals surface area contributed by atoms with Gasteiger partial charge >= 0.3 is 0 Å². The fraction of sp³-hybridized carbons (Fsp3) is 0.714. The van der Waals surface area contributed by atoms with Crippen molar-refractivity contribution in [2.24, 2.45) is 0 Å². The lowest BCUT2D eigenvalue weighted by Crippen LogP contribution is -2.32. The summed E-state index contributed by atoms with van der Waals surface area (Å²) in [7, 11) is 1.63. The second kappa shape index (κ2) is 6.74. The molecule has 0 bridgehead atoms. The number of aromatic nitrogens is 2. The largest absolute Gasteiger partial charge is 0.490 e. The molecule has 20 heavy (non-hydrogen) atoms. The molecule has 1 aliphatic rings. The van der Waals surface area contributed by atoms with Crippen molar-refractivity contribution >= 4 is 11.6 Å². The van der Waals surface area contributed by atoms with E-state index in [4.69, 9.17) is 9.47 Å². The summed E-state index contributed by atoms with van der Waals surface area (Å²) >= 11 is 0. The Bertz CT molecular complexity index is 433. The van der Waals surface area contributed by atoms with Crippen molar-refractivity contribution in [2.45, 2.75) is 38.7 Å². The third-order valence-electron chi connectivity index (χ3n) is 3.48. The molecule has 2 N–H and O–H groups in total. The summed E-state index contributed by atoms with van der Waals surface area (Å²) in [5.74, 6) is 2.09. The first-order valence-electron chi connectivity index (χ1n) is 7.19. The maximum Gasteiger partial charge on any atom is 0.204 e. The first kappa shape index (κ1) is 14.8. The smallest absolute Gasteiger partial charge is 0.204 e. The fourth-order valence-corrected chi connectivity index (χ4v) is 2.31. The molecule has 6 nitrogen and oxygen atoms in total. The van der Waals surface area contributed by atoms with Crippen LogP contribution in [0.5, 0.6) is 5.75 Å². The molecular formula is C14H24N4O2. The zero-order valence-corrected chi connectivity index (χ0v) is 12.5. The molecule has 1 aromatic heterocycles. The summed E-state index contributed by atoms with van der Waals surface area (Å²) < 4.78 is 11.2. The number of nitrogens with zero attached hydrogens (tertiary/aromatic N) is 2. The predicted octanol–water partition coefficient (Wildman–Crippen LogP) is 2.29. The number of hydrogen-bond donors (Lipinski definition) is 2. The summed E-state index contributed by atoms with van der Waals surface area (Å²) in [5.41, 5.74) is -0.118. The molecule has 0 saturated carbocycles. The zero-order chi connectivity index (χ0) is 14.4. The number of methoxy groups -OCH3 is 1. The molecule has 0 spiro atoms. The normalized spacial score (nSPS) is 21.8. The van der Waals surface area contributed by atoms with Crippen molar-refractivity contribution in [1.82, 2.24) is 9.97 Å². The molecule has 0 aliphatic carbocycles. The average Bonchev–Trinajstić information content (AvgIpc) is 2.90. The SMILES string of the molecule is CCCNc1ncnc(NCC2(C)CCCO2)c1OC. The van der Waals surface area contributed by atoms with Crippen LogP contribution < -0.4 is 15.4 Å². The third-order valence-corrected chi connectivity index (χ3v) is 3.48. The standard InChI is InChI=1S/C14H24N4O2/c1-4-7-15-12-11(19-3)13(18-10-17-12)16-9-14(2)6-5-8-20-14/h10H,4-9H2,1-3H3,(H2,15,16,17,18). The minimum absolute atomic E-state index is 0.118. The monoisotopic (exact) mass is 280 g/mol. The molecular weight excluding hydrogens is 256 g/mol. The van der Waals surface area contributed by atoms with Gasteiger partial charge in [0.25, 0.3) is 0 Å². The van der Waals surface area contributed by atoms with Crippen molar-refractivity contribution in [1.29, 1.82) is 0 Å². The van der Waals surface area contributed by atoms with Crippen molar-refractivity contribution < 1.29 is 9.47 Å². The first-order valence-corrected chi connectivity index (χ1v) is 7.19. The minimum atomic E-state index is -0.118. The van der Waals surface area contributed by atoms with Crippen LogP contribution in [0.2, 0.25) is 0 Å². The Labute approximate surface area is 120 Å². The maximum absolute atomic E-state index is 5.77. The van der Waals surface area contributed by atoms with Crippen LogP contribution in [-0.4, -0.2) is 42.4 Å². The number of ether oxygens (including phenoxy) is 2. The number of anilines is 2. The summed E-state index contributed by atoms with van der Waals surface area (Å²) in [6.45, 7) is 6.64. The van der Waals surface area contributed by atoms with Crippen LogP contribution in [0, 0.1) is 0 Å². The van der Waals surface area contributed by atoms with Gasteiger partial charge in [0.1, 0.15) is 6.33 Å². The predicted molar refractivity (Wildman–Crippen MR) is 79.4 cm³/mol. The summed E-state index contributed by atoms with van der Waals surface area (Å²) in [6, 6.07) is 0. The molecule has 1 fully saturated rings. The van der Waals surface area contributed by atoms with Gasteiger partial charge in [0.2, 0.25) is 5.75 Å². The van der Waals surface area contributed by atoms with Crippen molar-refractivity contribution in [3.63, 3.8) is 0 Å². The van der Waals surface area contributed by atoms with E-state index in [1.807, 2.05) is 0 Å². The lowest BCUT2D eigenvalue weighted by Gasteiger charge is -2.24. The molecule has 112 valence electrons. The summed E-state index contributed by atoms with van der Waals surface area (Å²) in [5, 5.41) is 6.57. The lowest BCUT2D eigenvalue weighted by atomic mass is 10.0. The van der Waals surface area contributed by atoms with E-state index in [9.17, 15) is 0 Å². The molecule has 1 aliphatic heterocycles. The van der Waals surface area contributed by atoms with Gasteiger partial charge in [-0.3, -0.25) is 0 Å². The maximum atomic E-state index is 5.77. The number of nitrogens with one attached hydrogen (secondary N) is 2. The van der Waals surface area contributed by atoms with Crippen LogP contribution in [0.25, 0.3) is 0 Å². The Balaban J connectivity index is 2.06. The van der Waals surface area contributed by atoms with Gasteiger partial charge in [-0.2, -0.15) is 0 Å². The fourth-order valence-electron chi connectivity index (χ4n) is 2.31. The van der Waals surface area contributed by atoms with Gasteiger partial charge in [0.15, 0.2) is 11.6 Å². The molecule has 1 atom stereocenters. The van der Waals surface area contributed by atoms with E-state index in [0.29, 0.717) is 18.1 Å². The van der Waals surface area contributed by atoms with E-state index in [2.05, 4.69) is 34.4 Å². The minimum Gasteiger partial charge on any atom is -0.490 e. The van der Waals surface area contributed by atoms with Gasteiger partial charge in [-0.15, -0.1) is 0 Å². The van der Waals surface area contributed by atoms with Crippen molar-refractivity contribution in [2.75, 3.05) is 37.4 Å². The molecule has 0 aromatic carbocycles. The summed E-state index contributed by atoms with van der Waals surface area (Å²) in [6.07, 6.45) is 4.75. The van der Waals surface area contributed by atoms with Crippen molar-refractivity contribution in [3.8, 4) is 5.75 Å². The highest BCUT2D eigenvalue weighted by atomic mass is 16.5. The average molecular weight is 280 g/mol. The Morgan fingerprint density at radius 3 is 2.70 bits per heavy atom. The van der Waals surface area contributed by atoms with Crippen LogP contribution >= 0.6 is 0 Å². The van der Waals surface area contributed by atoms with Crippen LogP contribution in [0.3, 0.4) is 0 Å². The van der Waals surface area contributed by atoms with Crippen molar-refractivity contribution in [3.05, 3.63) is 6.33 Å². The Morgan fingerprint density at radius 1 is 1.35 bits per heavy atom. The summed E-state index contributed by atoms with van der Waals surface area (Å²) in [4.78, 5) is 8.49. The molecule has 2 heterocycles. The second-order valence-electron chi connectivity index (χ2n) is 5.29. The van der Waals surface area contributed by atoms with E-state index in [-0.39, 0.29) is 5.60 Å². The van der Waals surface area contributed by atoms with E-state index in [1.165, 1.54) is 0 Å². The van der Waals surface area contributed by atoms with Gasteiger partial charge in [-0.1, -0.05) is 6.92 Å². The van der Waals surface area contributed by atoms with Gasteiger partial charge in [0.05, 0.1) is 12.7 Å². The quantitative estimate of drug-likeness (QED) is 0.798. The van der Waals surface area contributed by atoms with Crippen LogP contribution in [0.1, 0.15) is 33.1 Å². The van der Waals surface area contributed by atoms with E-state index >= 15 is 0 Å². The van der Waals surface area contributed by atoms with E-state index in [1.54, 1.807) is 13.4 Å². The molecule has 0 radical (unpaired) electrons. The molecule has 1 aromatic rings. The Kier molecular flexibility index (Phi) is 5.00. The molecule has 1 unspecified atom stereocenters. The highest BCUT2D eigenvalue weighted by Crippen LogP contribution is 2.31. The second-order valence-corrected chi connectivity index (χ2v) is 5.29. The van der Waals surface area contributed by atoms with Crippen LogP contribution in [0.15, 0.2) is 6.33 Å². The van der Waals surface area contributed by atoms with Gasteiger partial charge in [0, 0.05) is 19.7 Å². The number of hydrogen-bond acceptors (Lipinski definition) is 6. The lowest BCUT2D eigenvalue weighted by molar-refractivity contribution is 0.0314. The van der Waals surface area contributed by atoms with E-state index in [0.717, 1.165) is 38.2 Å². The Hall–Kier alpha value is -1.56. The molecule has 6 heteroatoms. The van der Waals surface area contributed by atoms with Gasteiger partial charge in [-0.05, 0) is 26.2 Å². The van der Waals surface area contributed by atoms with Gasteiger partial charge < -0.3 is 20.1 Å².